The minimum atomic E-state index is -0.665. The number of hydrogen-bond acceptors (Lipinski definition) is 5. The third-order valence-electron chi connectivity index (χ3n) is 17.1. The Morgan fingerprint density at radius 1 is 0.346 bits per heavy atom. The summed E-state index contributed by atoms with van der Waals surface area (Å²) in [7, 11) is 0. The molecule has 1 amide bonds. The molecule has 0 bridgehead atoms. The van der Waals surface area contributed by atoms with Gasteiger partial charge in [0.05, 0.1) is 25.4 Å². The van der Waals surface area contributed by atoms with Crippen molar-refractivity contribution in [2.24, 2.45) is 0 Å². The van der Waals surface area contributed by atoms with Crippen LogP contribution in [0.2, 0.25) is 0 Å². The van der Waals surface area contributed by atoms with Crippen LogP contribution in [0.4, 0.5) is 0 Å². The molecule has 0 fully saturated rings. The second-order valence-corrected chi connectivity index (χ2v) is 24.9. The fraction of sp³-hybridized carbons (Fsp3) is 0.944. The maximum Gasteiger partial charge on any atom is 0.305 e. The van der Waals surface area contributed by atoms with E-state index in [4.69, 9.17) is 4.74 Å². The largest absolute Gasteiger partial charge is 0.466 e. The molecular formula is C72H141NO5. The molecule has 464 valence electrons. The predicted octanol–water partition coefficient (Wildman–Crippen LogP) is 23.1. The molecule has 6 nitrogen and oxygen atoms in total. The molecule has 0 heterocycles. The van der Waals surface area contributed by atoms with Gasteiger partial charge >= 0.3 is 5.97 Å². The Balaban J connectivity index is 3.37. The Bertz CT molecular complexity index is 1180. The van der Waals surface area contributed by atoms with Gasteiger partial charge in [-0.25, -0.2) is 0 Å². The maximum absolute atomic E-state index is 12.5. The summed E-state index contributed by atoms with van der Waals surface area (Å²) in [5.74, 6) is -0.0131. The molecule has 2 unspecified atom stereocenters. The quantitative estimate of drug-likeness (QED) is 0.0320. The van der Waals surface area contributed by atoms with Crippen molar-refractivity contribution < 1.29 is 24.5 Å². The van der Waals surface area contributed by atoms with E-state index in [1.54, 1.807) is 0 Å². The summed E-state index contributed by atoms with van der Waals surface area (Å²) in [4.78, 5) is 24.6. The summed E-state index contributed by atoms with van der Waals surface area (Å²) in [6.45, 7) is 5.00. The van der Waals surface area contributed by atoms with E-state index in [1.807, 2.05) is 0 Å². The van der Waals surface area contributed by atoms with Gasteiger partial charge in [-0.15, -0.1) is 0 Å². The molecule has 6 heteroatoms. The van der Waals surface area contributed by atoms with Gasteiger partial charge < -0.3 is 20.3 Å². The zero-order valence-electron chi connectivity index (χ0n) is 53.2. The molecule has 0 spiro atoms. The van der Waals surface area contributed by atoms with Crippen molar-refractivity contribution in [1.29, 1.82) is 0 Å². The summed E-state index contributed by atoms with van der Waals surface area (Å²) < 4.78 is 5.51. The zero-order valence-corrected chi connectivity index (χ0v) is 53.2. The number of amides is 1. The fourth-order valence-electron chi connectivity index (χ4n) is 11.6. The van der Waals surface area contributed by atoms with E-state index in [-0.39, 0.29) is 18.5 Å². The van der Waals surface area contributed by atoms with Crippen molar-refractivity contribution in [3.8, 4) is 0 Å². The number of carbonyl (C=O) groups excluding carboxylic acids is 2. The first-order valence-corrected chi connectivity index (χ1v) is 35.9. The van der Waals surface area contributed by atoms with Gasteiger partial charge in [0.1, 0.15) is 0 Å². The zero-order chi connectivity index (χ0) is 56.4. The van der Waals surface area contributed by atoms with Gasteiger partial charge in [0.25, 0.3) is 0 Å². The van der Waals surface area contributed by atoms with Crippen LogP contribution in [0.1, 0.15) is 412 Å². The molecule has 0 aromatic heterocycles. The molecule has 3 N–H and O–H groups in total. The molecule has 0 saturated heterocycles. The minimum Gasteiger partial charge on any atom is -0.466 e. The van der Waals surface area contributed by atoms with E-state index < -0.39 is 12.1 Å². The number of esters is 1. The van der Waals surface area contributed by atoms with Crippen LogP contribution < -0.4 is 5.32 Å². The molecule has 0 aromatic rings. The fourth-order valence-corrected chi connectivity index (χ4v) is 11.6. The average molecular weight is 1100 g/mol. The highest BCUT2D eigenvalue weighted by Gasteiger charge is 2.20. The average Bonchev–Trinajstić information content (AvgIpc) is 3.44. The highest BCUT2D eigenvalue weighted by Crippen LogP contribution is 2.19. The lowest BCUT2D eigenvalue weighted by Crippen LogP contribution is -2.45. The molecule has 0 aliphatic heterocycles. The van der Waals surface area contributed by atoms with Crippen molar-refractivity contribution >= 4 is 11.9 Å². The Morgan fingerprint density at radius 2 is 0.603 bits per heavy atom. The molecule has 0 aromatic carbocycles. The second-order valence-electron chi connectivity index (χ2n) is 24.9. The number of hydrogen-bond donors (Lipinski definition) is 3. The number of rotatable bonds is 68. The number of aliphatic hydroxyl groups excluding tert-OH is 2. The van der Waals surface area contributed by atoms with Gasteiger partial charge in [-0.1, -0.05) is 360 Å². The van der Waals surface area contributed by atoms with Crippen LogP contribution in [-0.2, 0) is 14.3 Å². The number of aliphatic hydroxyl groups is 2. The third kappa shape index (κ3) is 63.8. The van der Waals surface area contributed by atoms with Gasteiger partial charge in [-0.2, -0.15) is 0 Å². The van der Waals surface area contributed by atoms with E-state index in [2.05, 4.69) is 31.3 Å². The summed E-state index contributed by atoms with van der Waals surface area (Å²) in [5, 5.41) is 23.4. The van der Waals surface area contributed by atoms with Crippen LogP contribution in [-0.4, -0.2) is 47.4 Å². The lowest BCUT2D eigenvalue weighted by Gasteiger charge is -2.22. The molecule has 2 atom stereocenters. The Kier molecular flexibility index (Phi) is 66.9. The predicted molar refractivity (Wildman–Crippen MR) is 343 cm³/mol. The van der Waals surface area contributed by atoms with Gasteiger partial charge in [-0.05, 0) is 51.4 Å². The highest BCUT2D eigenvalue weighted by atomic mass is 16.5. The summed E-state index contributed by atoms with van der Waals surface area (Å²) in [6, 6.07) is -0.543. The standard InChI is InChI=1S/C72H141NO5/c1-3-5-7-9-11-13-15-17-19-21-33-36-40-44-48-52-56-60-64-70(75)69(68-74)73-71(76)65-61-57-53-49-45-41-37-34-30-28-26-24-22-23-25-27-29-31-35-39-43-47-51-55-59-63-67-78-72(77)66-62-58-54-50-46-42-38-32-20-18-16-14-12-10-8-6-4-2/h22,24,69-70,74-75H,3-21,23,25-68H2,1-2H3,(H,73,76)/b24-22-. The number of ether oxygens (including phenoxy) is 1. The molecule has 78 heavy (non-hydrogen) atoms. The first-order valence-electron chi connectivity index (χ1n) is 35.9. The first-order chi connectivity index (χ1) is 38.5. The van der Waals surface area contributed by atoms with Crippen molar-refractivity contribution in [3.05, 3.63) is 12.2 Å². The molecule has 0 rings (SSSR count). The minimum absolute atomic E-state index is 0.0194. The summed E-state index contributed by atoms with van der Waals surface area (Å²) in [5.41, 5.74) is 0. The van der Waals surface area contributed by atoms with E-state index >= 15 is 0 Å². The van der Waals surface area contributed by atoms with Crippen LogP contribution in [0.25, 0.3) is 0 Å². The van der Waals surface area contributed by atoms with Gasteiger partial charge in [0, 0.05) is 12.8 Å². The van der Waals surface area contributed by atoms with Crippen molar-refractivity contribution in [1.82, 2.24) is 5.32 Å². The molecule has 0 aliphatic carbocycles. The summed E-state index contributed by atoms with van der Waals surface area (Å²) in [6.07, 6.45) is 84.0. The van der Waals surface area contributed by atoms with E-state index in [0.717, 1.165) is 38.5 Å². The van der Waals surface area contributed by atoms with Gasteiger partial charge in [0.15, 0.2) is 0 Å². The number of carbonyl (C=O) groups is 2. The molecule has 0 saturated carbocycles. The normalized spacial score (nSPS) is 12.5. The van der Waals surface area contributed by atoms with E-state index in [0.29, 0.717) is 25.9 Å². The van der Waals surface area contributed by atoms with Crippen LogP contribution in [0.5, 0.6) is 0 Å². The smallest absolute Gasteiger partial charge is 0.305 e. The lowest BCUT2D eigenvalue weighted by atomic mass is 10.0. The van der Waals surface area contributed by atoms with Crippen molar-refractivity contribution in [2.75, 3.05) is 13.2 Å². The van der Waals surface area contributed by atoms with Crippen molar-refractivity contribution in [2.45, 2.75) is 424 Å². The molecular weight excluding hydrogens is 959 g/mol. The van der Waals surface area contributed by atoms with Gasteiger partial charge in [-0.3, -0.25) is 9.59 Å². The Labute approximate surface area is 489 Å². The van der Waals surface area contributed by atoms with Crippen LogP contribution in [0, 0.1) is 0 Å². The number of unbranched alkanes of at least 4 members (excludes halogenated alkanes) is 55. The van der Waals surface area contributed by atoms with E-state index in [9.17, 15) is 19.8 Å². The molecule has 0 radical (unpaired) electrons. The first kappa shape index (κ1) is 76.6. The topological polar surface area (TPSA) is 95.9 Å². The third-order valence-corrected chi connectivity index (χ3v) is 17.1. The van der Waals surface area contributed by atoms with Crippen LogP contribution in [0.3, 0.4) is 0 Å². The highest BCUT2D eigenvalue weighted by molar-refractivity contribution is 5.76. The monoisotopic (exact) mass is 1100 g/mol. The second kappa shape index (κ2) is 68.1. The van der Waals surface area contributed by atoms with Crippen LogP contribution >= 0.6 is 0 Å². The Morgan fingerprint density at radius 3 is 0.910 bits per heavy atom. The number of allylic oxidation sites excluding steroid dienone is 2. The van der Waals surface area contributed by atoms with Gasteiger partial charge in [0.2, 0.25) is 5.91 Å². The number of nitrogens with one attached hydrogen (secondary N) is 1. The Hall–Kier alpha value is -1.40. The maximum atomic E-state index is 12.5. The molecule has 0 aliphatic rings. The van der Waals surface area contributed by atoms with Crippen LogP contribution in [0.15, 0.2) is 12.2 Å². The summed E-state index contributed by atoms with van der Waals surface area (Å²) >= 11 is 0. The van der Waals surface area contributed by atoms with Crippen molar-refractivity contribution in [3.63, 3.8) is 0 Å². The van der Waals surface area contributed by atoms with E-state index in [1.165, 1.54) is 340 Å². The SMILES string of the molecule is CCCCCCCCCCCCCCCCCCCCC(O)C(CO)NC(=O)CCCCCCCCCCCC/C=C\CCCCCCCCCCCCCCOC(=O)CCCCCCCCCCCCCCCCCCC. The lowest BCUT2D eigenvalue weighted by molar-refractivity contribution is -0.143.